The first-order chi connectivity index (χ1) is 19.2. The van der Waals surface area contributed by atoms with Crippen LogP contribution in [0.2, 0.25) is 0 Å². The number of likely N-dealkylation sites (tertiary alicyclic amines) is 1. The van der Waals surface area contributed by atoms with Crippen LogP contribution in [0.3, 0.4) is 0 Å². The van der Waals surface area contributed by atoms with Gasteiger partial charge in [0.2, 0.25) is 0 Å². The third-order valence-corrected chi connectivity index (χ3v) is 8.14. The molecule has 3 heterocycles. The summed E-state index contributed by atoms with van der Waals surface area (Å²) in [4.78, 5) is 24.0. The van der Waals surface area contributed by atoms with E-state index in [2.05, 4.69) is 57.6 Å². The van der Waals surface area contributed by atoms with Crippen LogP contribution < -0.4 is 10.1 Å². The van der Waals surface area contributed by atoms with E-state index >= 15 is 0 Å². The van der Waals surface area contributed by atoms with E-state index in [1.807, 2.05) is 36.4 Å². The minimum atomic E-state index is -0.0101. The number of fused-ring (bicyclic) bond motifs is 2. The summed E-state index contributed by atoms with van der Waals surface area (Å²) in [6, 6.07) is 27.0. The highest BCUT2D eigenvalue weighted by atomic mass is 16.5. The van der Waals surface area contributed by atoms with E-state index in [9.17, 15) is 4.79 Å². The van der Waals surface area contributed by atoms with Gasteiger partial charge in [0.25, 0.3) is 5.91 Å². The lowest BCUT2D eigenvalue weighted by molar-refractivity contribution is 0.0936. The summed E-state index contributed by atoms with van der Waals surface area (Å²) in [7, 11) is 1.69. The van der Waals surface area contributed by atoms with Gasteiger partial charge in [-0.2, -0.15) is 0 Å². The van der Waals surface area contributed by atoms with Crippen LogP contribution in [-0.2, 0) is 19.5 Å². The molecular formula is C33H36N4O2. The Morgan fingerprint density at radius 2 is 1.69 bits per heavy atom. The summed E-state index contributed by atoms with van der Waals surface area (Å²) >= 11 is 0. The number of hydrogen-bond acceptors (Lipinski definition) is 5. The highest BCUT2D eigenvalue weighted by Gasteiger charge is 2.28. The number of ether oxygens (including phenoxy) is 1. The van der Waals surface area contributed by atoms with Gasteiger partial charge in [-0.25, -0.2) is 0 Å². The predicted molar refractivity (Wildman–Crippen MR) is 155 cm³/mol. The van der Waals surface area contributed by atoms with Gasteiger partial charge < -0.3 is 10.1 Å². The van der Waals surface area contributed by atoms with Gasteiger partial charge in [0.1, 0.15) is 5.75 Å². The average Bonchev–Trinajstić information content (AvgIpc) is 3.51. The van der Waals surface area contributed by atoms with Gasteiger partial charge in [-0.3, -0.25) is 19.6 Å². The van der Waals surface area contributed by atoms with Crippen molar-refractivity contribution >= 4 is 16.8 Å². The standard InChI is InChI=1S/C33H36N4O2/c1-39-26-15-13-25(14-16-26)31(37-18-7-8-19-37)21-34-33(38)32-27-11-5-6-12-29(27)35-30-17-20-36(23-28(30)32)22-24-9-3-2-4-10-24/h2-6,9-16,31H,7-8,17-23H2,1H3,(H,34,38)/t31-/m0/s1. The van der Waals surface area contributed by atoms with Crippen LogP contribution in [0.5, 0.6) is 5.75 Å². The van der Waals surface area contributed by atoms with E-state index in [-0.39, 0.29) is 11.9 Å². The summed E-state index contributed by atoms with van der Waals surface area (Å²) in [5.41, 5.74) is 6.28. The first kappa shape index (κ1) is 25.5. The molecule has 0 radical (unpaired) electrons. The van der Waals surface area contributed by atoms with E-state index in [4.69, 9.17) is 9.72 Å². The molecule has 0 unspecified atom stereocenters. The smallest absolute Gasteiger partial charge is 0.252 e. The monoisotopic (exact) mass is 520 g/mol. The lowest BCUT2D eigenvalue weighted by Crippen LogP contribution is -2.38. The summed E-state index contributed by atoms with van der Waals surface area (Å²) in [6.45, 7) is 5.18. The van der Waals surface area contributed by atoms with E-state index in [0.29, 0.717) is 6.54 Å². The van der Waals surface area contributed by atoms with Gasteiger partial charge >= 0.3 is 0 Å². The second kappa shape index (κ2) is 11.6. The Morgan fingerprint density at radius 3 is 2.46 bits per heavy atom. The lowest BCUT2D eigenvalue weighted by Gasteiger charge is -2.31. The fraction of sp³-hybridized carbons (Fsp3) is 0.333. The molecule has 1 N–H and O–H groups in total. The van der Waals surface area contributed by atoms with Gasteiger partial charge in [0, 0.05) is 49.2 Å². The predicted octanol–water partition coefficient (Wildman–Crippen LogP) is 5.37. The van der Waals surface area contributed by atoms with Crippen LogP contribution in [0.25, 0.3) is 10.9 Å². The first-order valence-corrected chi connectivity index (χ1v) is 14.0. The highest BCUT2D eigenvalue weighted by Crippen LogP contribution is 2.30. The number of nitrogens with zero attached hydrogens (tertiary/aromatic N) is 3. The Bertz CT molecular complexity index is 1430. The quantitative estimate of drug-likeness (QED) is 0.339. The molecule has 4 aromatic rings. The molecule has 39 heavy (non-hydrogen) atoms. The van der Waals surface area contributed by atoms with Crippen molar-refractivity contribution in [1.29, 1.82) is 0 Å². The van der Waals surface area contributed by atoms with Gasteiger partial charge in [0.05, 0.1) is 24.2 Å². The number of hydrogen-bond donors (Lipinski definition) is 1. The average molecular weight is 521 g/mol. The molecule has 200 valence electrons. The van der Waals surface area contributed by atoms with E-state index in [1.165, 1.54) is 24.0 Å². The molecule has 0 aliphatic carbocycles. The Kier molecular flexibility index (Phi) is 7.57. The molecule has 3 aromatic carbocycles. The number of amides is 1. The van der Waals surface area contributed by atoms with Crippen LogP contribution >= 0.6 is 0 Å². The minimum Gasteiger partial charge on any atom is -0.497 e. The number of pyridine rings is 1. The van der Waals surface area contributed by atoms with Gasteiger partial charge in [-0.05, 0) is 55.3 Å². The SMILES string of the molecule is COc1ccc([C@H](CNC(=O)c2c3c(nc4ccccc24)CCN(Cc2ccccc2)C3)N2CCCC2)cc1. The van der Waals surface area contributed by atoms with Crippen LogP contribution in [0.1, 0.15) is 51.6 Å². The maximum Gasteiger partial charge on any atom is 0.252 e. The highest BCUT2D eigenvalue weighted by molar-refractivity contribution is 6.07. The number of para-hydroxylation sites is 1. The molecule has 6 heteroatoms. The molecule has 1 aromatic heterocycles. The summed E-state index contributed by atoms with van der Waals surface area (Å²) in [5, 5.41) is 4.28. The third kappa shape index (κ3) is 5.54. The maximum atomic E-state index is 14.1. The van der Waals surface area contributed by atoms with Crippen molar-refractivity contribution in [3.8, 4) is 5.75 Å². The second-order valence-electron chi connectivity index (χ2n) is 10.6. The Labute approximate surface area is 230 Å². The van der Waals surface area contributed by atoms with Gasteiger partial charge in [0.15, 0.2) is 0 Å². The number of aromatic nitrogens is 1. The molecule has 2 aliphatic heterocycles. The molecule has 6 rings (SSSR count). The van der Waals surface area contributed by atoms with Crippen molar-refractivity contribution in [2.45, 2.75) is 38.4 Å². The summed E-state index contributed by atoms with van der Waals surface area (Å²) < 4.78 is 5.38. The molecule has 0 bridgehead atoms. The normalized spacial score (nSPS) is 16.6. The van der Waals surface area contributed by atoms with Gasteiger partial charge in [-0.1, -0.05) is 60.7 Å². The first-order valence-electron chi connectivity index (χ1n) is 14.0. The zero-order valence-corrected chi connectivity index (χ0v) is 22.6. The van der Waals surface area contributed by atoms with E-state index < -0.39 is 0 Å². The lowest BCUT2D eigenvalue weighted by atomic mass is 9.94. The molecule has 2 aliphatic rings. The van der Waals surface area contributed by atoms with Crippen LogP contribution in [-0.4, -0.2) is 54.0 Å². The Morgan fingerprint density at radius 1 is 0.949 bits per heavy atom. The molecular weight excluding hydrogens is 484 g/mol. The number of carbonyl (C=O) groups is 1. The van der Waals surface area contributed by atoms with E-state index in [1.54, 1.807) is 7.11 Å². The van der Waals surface area contributed by atoms with Crippen molar-refractivity contribution in [2.24, 2.45) is 0 Å². The van der Waals surface area contributed by atoms with Crippen molar-refractivity contribution in [2.75, 3.05) is 33.3 Å². The number of methoxy groups -OCH3 is 1. The van der Waals surface area contributed by atoms with Crippen molar-refractivity contribution in [3.05, 3.63) is 107 Å². The Hall–Kier alpha value is -3.74. The number of carbonyl (C=O) groups excluding carboxylic acids is 1. The largest absolute Gasteiger partial charge is 0.497 e. The van der Waals surface area contributed by atoms with Gasteiger partial charge in [-0.15, -0.1) is 0 Å². The number of nitrogens with one attached hydrogen (secondary N) is 1. The molecule has 1 saturated heterocycles. The zero-order chi connectivity index (χ0) is 26.6. The van der Waals surface area contributed by atoms with E-state index in [0.717, 1.165) is 72.6 Å². The summed E-state index contributed by atoms with van der Waals surface area (Å²) in [5.74, 6) is 0.835. The summed E-state index contributed by atoms with van der Waals surface area (Å²) in [6.07, 6.45) is 3.23. The number of benzene rings is 3. The Balaban J connectivity index is 1.29. The number of rotatable bonds is 8. The van der Waals surface area contributed by atoms with Crippen LogP contribution in [0.15, 0.2) is 78.9 Å². The fourth-order valence-electron chi connectivity index (χ4n) is 6.10. The molecule has 1 fully saturated rings. The minimum absolute atomic E-state index is 0.0101. The molecule has 0 saturated carbocycles. The van der Waals surface area contributed by atoms with Crippen molar-refractivity contribution < 1.29 is 9.53 Å². The molecule has 0 spiro atoms. The molecule has 1 amide bonds. The second-order valence-corrected chi connectivity index (χ2v) is 10.6. The fourth-order valence-corrected chi connectivity index (χ4v) is 6.10. The zero-order valence-electron chi connectivity index (χ0n) is 22.6. The molecule has 6 nitrogen and oxygen atoms in total. The van der Waals surface area contributed by atoms with Crippen molar-refractivity contribution in [1.82, 2.24) is 20.1 Å². The van der Waals surface area contributed by atoms with Crippen LogP contribution in [0, 0.1) is 0 Å². The van der Waals surface area contributed by atoms with Crippen LogP contribution in [0.4, 0.5) is 0 Å². The molecule has 1 atom stereocenters. The van der Waals surface area contributed by atoms with Crippen molar-refractivity contribution in [3.63, 3.8) is 0 Å². The topological polar surface area (TPSA) is 57.7 Å². The maximum absolute atomic E-state index is 14.1. The third-order valence-electron chi connectivity index (χ3n) is 8.14.